The molecule has 0 rings (SSSR count). The van der Waals surface area contributed by atoms with Crippen LogP contribution in [0.5, 0.6) is 0 Å². The van der Waals surface area contributed by atoms with Gasteiger partial charge in [-0.3, -0.25) is 4.79 Å². The molecule has 84 valence electrons. The fourth-order valence-electron chi connectivity index (χ4n) is 1.35. The Balaban J connectivity index is 3.49. The molecule has 0 saturated heterocycles. The summed E-state index contributed by atoms with van der Waals surface area (Å²) >= 11 is 1.33. The molecule has 0 bridgehead atoms. The Hall–Kier alpha value is -0.0200. The van der Waals surface area contributed by atoms with Gasteiger partial charge >= 0.3 is 0 Å². The Kier molecular flexibility index (Phi) is 11.0. The second-order valence-electron chi connectivity index (χ2n) is 3.54. The highest BCUT2D eigenvalue weighted by Crippen LogP contribution is 2.10. The SMILES string of the molecule is CCCCCN(CCCCC)SC=O. The summed E-state index contributed by atoms with van der Waals surface area (Å²) in [7, 11) is 0. The minimum atomic E-state index is 0.942. The van der Waals surface area contributed by atoms with Crippen LogP contribution in [0.15, 0.2) is 0 Å². The molecule has 0 aliphatic rings. The molecule has 2 nitrogen and oxygen atoms in total. The summed E-state index contributed by atoms with van der Waals surface area (Å²) in [6.07, 6.45) is 7.45. The molecule has 0 spiro atoms. The Labute approximate surface area is 92.6 Å². The zero-order chi connectivity index (χ0) is 10.6. The zero-order valence-electron chi connectivity index (χ0n) is 9.50. The van der Waals surface area contributed by atoms with Crippen molar-refractivity contribution in [3.63, 3.8) is 0 Å². The van der Waals surface area contributed by atoms with Crippen LogP contribution in [0, 0.1) is 0 Å². The minimum absolute atomic E-state index is 0.942. The topological polar surface area (TPSA) is 20.3 Å². The van der Waals surface area contributed by atoms with Crippen molar-refractivity contribution < 1.29 is 4.79 Å². The molecule has 0 atom stereocenters. The monoisotopic (exact) mass is 217 g/mol. The highest BCUT2D eigenvalue weighted by molar-refractivity contribution is 8.09. The van der Waals surface area contributed by atoms with Gasteiger partial charge in [0, 0.05) is 13.1 Å². The lowest BCUT2D eigenvalue weighted by Gasteiger charge is -2.17. The third-order valence-electron chi connectivity index (χ3n) is 2.21. The summed E-state index contributed by atoms with van der Waals surface area (Å²) in [5.41, 5.74) is 0.942. The highest BCUT2D eigenvalue weighted by Gasteiger charge is 2.03. The van der Waals surface area contributed by atoms with Crippen LogP contribution in [0.4, 0.5) is 0 Å². The van der Waals surface area contributed by atoms with E-state index in [4.69, 9.17) is 0 Å². The summed E-state index contributed by atoms with van der Waals surface area (Å²) in [6, 6.07) is 0. The van der Waals surface area contributed by atoms with Gasteiger partial charge < -0.3 is 0 Å². The predicted molar refractivity (Wildman–Crippen MR) is 65.0 cm³/mol. The summed E-state index contributed by atoms with van der Waals surface area (Å²) in [5, 5.41) is 0. The highest BCUT2D eigenvalue weighted by atomic mass is 32.2. The molecule has 0 heterocycles. The minimum Gasteiger partial charge on any atom is -0.290 e. The van der Waals surface area contributed by atoms with Crippen molar-refractivity contribution in [1.82, 2.24) is 4.31 Å². The normalized spacial score (nSPS) is 10.8. The number of carbonyl (C=O) groups excluding carboxylic acids is 1. The zero-order valence-corrected chi connectivity index (χ0v) is 10.3. The van der Waals surface area contributed by atoms with Crippen LogP contribution in [0.25, 0.3) is 0 Å². The number of hydrogen-bond acceptors (Lipinski definition) is 3. The molecule has 0 aromatic carbocycles. The number of rotatable bonds is 10. The van der Waals surface area contributed by atoms with Crippen molar-refractivity contribution in [2.75, 3.05) is 13.1 Å². The predicted octanol–water partition coefficient (Wildman–Crippen LogP) is 3.51. The Morgan fingerprint density at radius 2 is 1.50 bits per heavy atom. The van der Waals surface area contributed by atoms with Gasteiger partial charge in [0.25, 0.3) is 0 Å². The van der Waals surface area contributed by atoms with Gasteiger partial charge in [-0.15, -0.1) is 0 Å². The maximum Gasteiger partial charge on any atom is 0.191 e. The standard InChI is InChI=1S/C11H23NOS/c1-3-5-7-9-12(14-11-13)10-8-6-4-2/h11H,3-10H2,1-2H3. The maximum absolute atomic E-state index is 10.4. The third kappa shape index (κ3) is 8.57. The van der Waals surface area contributed by atoms with Crippen LogP contribution < -0.4 is 0 Å². The van der Waals surface area contributed by atoms with E-state index < -0.39 is 0 Å². The first-order valence-electron chi connectivity index (χ1n) is 5.70. The average molecular weight is 217 g/mol. The van der Waals surface area contributed by atoms with E-state index in [1.54, 1.807) is 0 Å². The van der Waals surface area contributed by atoms with Gasteiger partial charge in [0.15, 0.2) is 5.62 Å². The average Bonchev–Trinajstić information content (AvgIpc) is 2.18. The Bertz CT molecular complexity index is 120. The van der Waals surface area contributed by atoms with Crippen LogP contribution in [0.2, 0.25) is 0 Å². The van der Waals surface area contributed by atoms with Crippen LogP contribution >= 0.6 is 11.9 Å². The van der Waals surface area contributed by atoms with E-state index in [2.05, 4.69) is 18.2 Å². The van der Waals surface area contributed by atoms with Crippen molar-refractivity contribution in [2.45, 2.75) is 52.4 Å². The smallest absolute Gasteiger partial charge is 0.191 e. The first-order valence-corrected chi connectivity index (χ1v) is 6.54. The molecule has 0 radical (unpaired) electrons. The molecule has 0 aromatic rings. The van der Waals surface area contributed by atoms with Crippen LogP contribution in [-0.2, 0) is 4.79 Å². The first kappa shape index (κ1) is 14.0. The van der Waals surface area contributed by atoms with E-state index in [9.17, 15) is 4.79 Å². The third-order valence-corrected chi connectivity index (χ3v) is 2.96. The number of hydrogen-bond donors (Lipinski definition) is 0. The molecule has 14 heavy (non-hydrogen) atoms. The fraction of sp³-hybridized carbons (Fsp3) is 0.909. The molecule has 0 aromatic heterocycles. The van der Waals surface area contributed by atoms with Gasteiger partial charge in [0.2, 0.25) is 0 Å². The summed E-state index contributed by atoms with van der Waals surface area (Å²) < 4.78 is 2.19. The number of unbranched alkanes of at least 4 members (excludes halogenated alkanes) is 4. The van der Waals surface area contributed by atoms with Crippen molar-refractivity contribution in [2.24, 2.45) is 0 Å². The molecule has 0 N–H and O–H groups in total. The second-order valence-corrected chi connectivity index (χ2v) is 4.46. The number of nitrogens with zero attached hydrogens (tertiary/aromatic N) is 1. The van der Waals surface area contributed by atoms with Crippen LogP contribution in [0.3, 0.4) is 0 Å². The molecule has 0 aliphatic carbocycles. The van der Waals surface area contributed by atoms with Gasteiger partial charge in [-0.2, -0.15) is 0 Å². The second kappa shape index (κ2) is 11.1. The van der Waals surface area contributed by atoms with E-state index in [1.807, 2.05) is 0 Å². The van der Waals surface area contributed by atoms with Gasteiger partial charge in [-0.25, -0.2) is 4.31 Å². The Morgan fingerprint density at radius 3 is 1.86 bits per heavy atom. The molecule has 3 heteroatoms. The van der Waals surface area contributed by atoms with E-state index in [0.717, 1.165) is 18.7 Å². The van der Waals surface area contributed by atoms with E-state index >= 15 is 0 Å². The number of carbonyl (C=O) groups is 1. The summed E-state index contributed by atoms with van der Waals surface area (Å²) in [4.78, 5) is 10.4. The van der Waals surface area contributed by atoms with Gasteiger partial charge in [0.1, 0.15) is 0 Å². The molecule has 0 fully saturated rings. The van der Waals surface area contributed by atoms with E-state index in [-0.39, 0.29) is 0 Å². The molecule has 0 amide bonds. The van der Waals surface area contributed by atoms with Crippen molar-refractivity contribution in [3.8, 4) is 0 Å². The van der Waals surface area contributed by atoms with E-state index in [1.165, 1.54) is 50.5 Å². The van der Waals surface area contributed by atoms with Crippen LogP contribution in [0.1, 0.15) is 52.4 Å². The lowest BCUT2D eigenvalue weighted by Crippen LogP contribution is -2.18. The van der Waals surface area contributed by atoms with Gasteiger partial charge in [-0.05, 0) is 24.8 Å². The maximum atomic E-state index is 10.4. The lowest BCUT2D eigenvalue weighted by atomic mass is 10.2. The van der Waals surface area contributed by atoms with Gasteiger partial charge in [-0.1, -0.05) is 39.5 Å². The van der Waals surface area contributed by atoms with Crippen molar-refractivity contribution in [1.29, 1.82) is 0 Å². The molecule has 0 saturated carbocycles. The largest absolute Gasteiger partial charge is 0.290 e. The quantitative estimate of drug-likeness (QED) is 0.317. The fourth-order valence-corrected chi connectivity index (χ4v) is 1.95. The van der Waals surface area contributed by atoms with Crippen molar-refractivity contribution >= 4 is 17.6 Å². The summed E-state index contributed by atoms with van der Waals surface area (Å²) in [6.45, 7) is 6.52. The van der Waals surface area contributed by atoms with Crippen molar-refractivity contribution in [3.05, 3.63) is 0 Å². The van der Waals surface area contributed by atoms with Crippen LogP contribution in [-0.4, -0.2) is 23.0 Å². The lowest BCUT2D eigenvalue weighted by molar-refractivity contribution is 0.435. The molecular weight excluding hydrogens is 194 g/mol. The molecule has 0 unspecified atom stereocenters. The first-order chi connectivity index (χ1) is 6.85. The van der Waals surface area contributed by atoms with E-state index in [0.29, 0.717) is 0 Å². The molecule has 0 aliphatic heterocycles. The summed E-state index contributed by atoms with van der Waals surface area (Å²) in [5.74, 6) is 0. The Morgan fingerprint density at radius 1 is 1.00 bits per heavy atom. The molecular formula is C11H23NOS. The van der Waals surface area contributed by atoms with Gasteiger partial charge in [0.05, 0.1) is 0 Å².